The minimum Gasteiger partial charge on any atom is -0.508 e. The van der Waals surface area contributed by atoms with E-state index in [1.807, 2.05) is 18.2 Å². The van der Waals surface area contributed by atoms with E-state index in [0.29, 0.717) is 5.75 Å². The molecule has 0 aromatic heterocycles. The van der Waals surface area contributed by atoms with E-state index in [1.54, 1.807) is 6.07 Å². The fraction of sp³-hybridized carbons (Fsp3) is 0.647. The molecule has 0 spiro atoms. The number of nitrogens with one attached hydrogen (secondary N) is 1. The van der Waals surface area contributed by atoms with Crippen molar-refractivity contribution in [1.82, 2.24) is 10.2 Å². The Morgan fingerprint density at radius 3 is 2.65 bits per heavy atom. The van der Waals surface area contributed by atoms with E-state index in [4.69, 9.17) is 0 Å². The molecule has 0 aliphatic carbocycles. The third-order valence-corrected chi connectivity index (χ3v) is 4.21. The first-order valence-electron chi connectivity index (χ1n) is 8.05. The van der Waals surface area contributed by atoms with E-state index < -0.39 is 0 Å². The van der Waals surface area contributed by atoms with E-state index in [0.717, 1.165) is 18.5 Å². The van der Waals surface area contributed by atoms with Crippen molar-refractivity contribution in [3.63, 3.8) is 0 Å². The second kappa shape index (κ2) is 8.28. The molecule has 3 heteroatoms. The van der Waals surface area contributed by atoms with Crippen LogP contribution in [-0.2, 0) is 0 Å². The van der Waals surface area contributed by atoms with Crippen LogP contribution in [0.4, 0.5) is 0 Å². The Balaban J connectivity index is 1.72. The number of hydrogen-bond acceptors (Lipinski definition) is 3. The molecule has 1 aromatic rings. The van der Waals surface area contributed by atoms with Gasteiger partial charge in [-0.15, -0.1) is 0 Å². The van der Waals surface area contributed by atoms with Crippen LogP contribution in [0, 0.1) is 0 Å². The SMILES string of the molecule is CCC(NCCCN1CCCCC1)c1ccccc1O. The summed E-state index contributed by atoms with van der Waals surface area (Å²) in [6.07, 6.45) is 6.32. The molecule has 3 nitrogen and oxygen atoms in total. The van der Waals surface area contributed by atoms with Gasteiger partial charge in [-0.1, -0.05) is 31.5 Å². The number of nitrogens with zero attached hydrogens (tertiary/aromatic N) is 1. The molecule has 0 amide bonds. The number of hydrogen-bond donors (Lipinski definition) is 2. The molecule has 1 heterocycles. The van der Waals surface area contributed by atoms with E-state index >= 15 is 0 Å². The first-order valence-corrected chi connectivity index (χ1v) is 8.05. The number of phenols is 1. The van der Waals surface area contributed by atoms with Gasteiger partial charge >= 0.3 is 0 Å². The minimum atomic E-state index is 0.262. The van der Waals surface area contributed by atoms with Gasteiger partial charge in [0.05, 0.1) is 0 Å². The van der Waals surface area contributed by atoms with Gasteiger partial charge in [-0.05, 0) is 57.9 Å². The van der Waals surface area contributed by atoms with Crippen LogP contribution < -0.4 is 5.32 Å². The summed E-state index contributed by atoms with van der Waals surface area (Å²) in [5, 5.41) is 13.5. The Morgan fingerprint density at radius 2 is 1.95 bits per heavy atom. The standard InChI is InChI=1S/C17H28N2O/c1-2-16(15-9-4-5-10-17(15)20)18-11-8-14-19-12-6-3-7-13-19/h4-5,9-10,16,18,20H,2-3,6-8,11-14H2,1H3. The third-order valence-electron chi connectivity index (χ3n) is 4.21. The second-order valence-electron chi connectivity index (χ2n) is 5.73. The summed E-state index contributed by atoms with van der Waals surface area (Å²) >= 11 is 0. The lowest BCUT2D eigenvalue weighted by molar-refractivity contribution is 0.224. The van der Waals surface area contributed by atoms with Crippen molar-refractivity contribution in [3.05, 3.63) is 29.8 Å². The number of para-hydroxylation sites is 1. The number of aromatic hydroxyl groups is 1. The summed E-state index contributed by atoms with van der Waals surface area (Å²) in [5.74, 6) is 0.405. The molecule has 0 radical (unpaired) electrons. The highest BCUT2D eigenvalue weighted by Gasteiger charge is 2.13. The van der Waals surface area contributed by atoms with Crippen molar-refractivity contribution in [2.45, 2.75) is 45.1 Å². The molecule has 1 fully saturated rings. The lowest BCUT2D eigenvalue weighted by Gasteiger charge is -2.26. The van der Waals surface area contributed by atoms with Gasteiger partial charge < -0.3 is 15.3 Å². The maximum atomic E-state index is 9.92. The third kappa shape index (κ3) is 4.50. The highest BCUT2D eigenvalue weighted by molar-refractivity contribution is 5.34. The highest BCUT2D eigenvalue weighted by atomic mass is 16.3. The Hall–Kier alpha value is -1.06. The highest BCUT2D eigenvalue weighted by Crippen LogP contribution is 2.25. The number of phenolic OH excluding ortho intramolecular Hbond substituents is 1. The van der Waals surface area contributed by atoms with E-state index in [-0.39, 0.29) is 6.04 Å². The van der Waals surface area contributed by atoms with Crippen LogP contribution in [0.1, 0.15) is 50.6 Å². The average molecular weight is 276 g/mol. The van der Waals surface area contributed by atoms with Crippen molar-refractivity contribution < 1.29 is 5.11 Å². The molecule has 112 valence electrons. The van der Waals surface area contributed by atoms with Crippen LogP contribution in [0.15, 0.2) is 24.3 Å². The summed E-state index contributed by atoms with van der Waals surface area (Å²) in [5.41, 5.74) is 1.02. The van der Waals surface area contributed by atoms with Gasteiger partial charge in [-0.3, -0.25) is 0 Å². The van der Waals surface area contributed by atoms with Gasteiger partial charge in [0, 0.05) is 11.6 Å². The number of piperidine rings is 1. The largest absolute Gasteiger partial charge is 0.508 e. The molecule has 2 rings (SSSR count). The Morgan fingerprint density at radius 1 is 1.20 bits per heavy atom. The Bertz CT molecular complexity index is 388. The zero-order chi connectivity index (χ0) is 14.2. The zero-order valence-corrected chi connectivity index (χ0v) is 12.6. The molecule has 2 N–H and O–H groups in total. The Labute approximate surface area is 123 Å². The van der Waals surface area contributed by atoms with Crippen molar-refractivity contribution >= 4 is 0 Å². The predicted molar refractivity (Wildman–Crippen MR) is 84.0 cm³/mol. The number of rotatable bonds is 7. The maximum Gasteiger partial charge on any atom is 0.120 e. The summed E-state index contributed by atoms with van der Waals surface area (Å²) in [7, 11) is 0. The minimum absolute atomic E-state index is 0.262. The molecule has 1 unspecified atom stereocenters. The smallest absolute Gasteiger partial charge is 0.120 e. The normalized spacial score (nSPS) is 18.1. The number of benzene rings is 1. The van der Waals surface area contributed by atoms with Gasteiger partial charge in [0.2, 0.25) is 0 Å². The number of likely N-dealkylation sites (tertiary alicyclic amines) is 1. The van der Waals surface area contributed by atoms with Gasteiger partial charge in [-0.25, -0.2) is 0 Å². The fourth-order valence-electron chi connectivity index (χ4n) is 3.02. The lowest BCUT2D eigenvalue weighted by Crippen LogP contribution is -2.32. The monoisotopic (exact) mass is 276 g/mol. The van der Waals surface area contributed by atoms with Crippen molar-refractivity contribution in [2.24, 2.45) is 0 Å². The van der Waals surface area contributed by atoms with Crippen molar-refractivity contribution in [3.8, 4) is 5.75 Å². The average Bonchev–Trinajstić information content (AvgIpc) is 2.50. The molecular formula is C17H28N2O. The van der Waals surface area contributed by atoms with E-state index in [1.165, 1.54) is 45.3 Å². The van der Waals surface area contributed by atoms with Crippen LogP contribution in [0.25, 0.3) is 0 Å². The fourth-order valence-corrected chi connectivity index (χ4v) is 3.02. The quantitative estimate of drug-likeness (QED) is 0.750. The molecule has 1 saturated heterocycles. The van der Waals surface area contributed by atoms with Crippen LogP contribution in [0.2, 0.25) is 0 Å². The first kappa shape index (κ1) is 15.3. The van der Waals surface area contributed by atoms with E-state index in [2.05, 4.69) is 17.1 Å². The molecule has 1 aromatic carbocycles. The van der Waals surface area contributed by atoms with E-state index in [9.17, 15) is 5.11 Å². The summed E-state index contributed by atoms with van der Waals surface area (Å²) < 4.78 is 0. The first-order chi connectivity index (χ1) is 9.81. The van der Waals surface area contributed by atoms with Gasteiger partial charge in [0.15, 0.2) is 0 Å². The zero-order valence-electron chi connectivity index (χ0n) is 12.6. The molecule has 0 saturated carbocycles. The lowest BCUT2D eigenvalue weighted by atomic mass is 10.0. The predicted octanol–water partition coefficient (Wildman–Crippen LogP) is 3.31. The summed E-state index contributed by atoms with van der Waals surface area (Å²) in [6, 6.07) is 7.92. The van der Waals surface area contributed by atoms with Crippen LogP contribution in [-0.4, -0.2) is 36.2 Å². The van der Waals surface area contributed by atoms with Gasteiger partial charge in [0.1, 0.15) is 5.75 Å². The summed E-state index contributed by atoms with van der Waals surface area (Å²) in [4.78, 5) is 2.58. The molecule has 20 heavy (non-hydrogen) atoms. The molecule has 1 aliphatic rings. The van der Waals surface area contributed by atoms with Crippen LogP contribution in [0.5, 0.6) is 5.75 Å². The molecule has 1 aliphatic heterocycles. The van der Waals surface area contributed by atoms with Crippen LogP contribution in [0.3, 0.4) is 0 Å². The molecular weight excluding hydrogens is 248 g/mol. The van der Waals surface area contributed by atoms with Gasteiger partial charge in [-0.2, -0.15) is 0 Å². The van der Waals surface area contributed by atoms with Crippen molar-refractivity contribution in [1.29, 1.82) is 0 Å². The Kier molecular flexibility index (Phi) is 6.34. The topological polar surface area (TPSA) is 35.5 Å². The van der Waals surface area contributed by atoms with Crippen LogP contribution >= 0.6 is 0 Å². The van der Waals surface area contributed by atoms with Gasteiger partial charge in [0.25, 0.3) is 0 Å². The second-order valence-corrected chi connectivity index (χ2v) is 5.73. The summed E-state index contributed by atoms with van der Waals surface area (Å²) in [6.45, 7) is 6.93. The molecule has 1 atom stereocenters. The maximum absolute atomic E-state index is 9.92. The van der Waals surface area contributed by atoms with Crippen molar-refractivity contribution in [2.75, 3.05) is 26.2 Å². The molecule has 0 bridgehead atoms.